The van der Waals surface area contributed by atoms with Crippen molar-refractivity contribution in [1.82, 2.24) is 10.3 Å². The first kappa shape index (κ1) is 21.2. The molecule has 156 valence electrons. The van der Waals surface area contributed by atoms with Crippen LogP contribution in [0.5, 0.6) is 0 Å². The van der Waals surface area contributed by atoms with Crippen molar-refractivity contribution in [2.75, 3.05) is 11.9 Å². The average Bonchev–Trinajstić information content (AvgIpc) is 2.70. The molecule has 1 aromatic carbocycles. The molecule has 1 aromatic heterocycles. The number of aromatic nitrogens is 1. The fourth-order valence-electron chi connectivity index (χ4n) is 3.26. The van der Waals surface area contributed by atoms with Crippen LogP contribution in [0, 0.1) is 11.6 Å². The molecule has 3 rings (SSSR count). The van der Waals surface area contributed by atoms with Gasteiger partial charge in [-0.25, -0.2) is 13.8 Å². The highest BCUT2D eigenvalue weighted by atomic mass is 19.1. The van der Waals surface area contributed by atoms with Gasteiger partial charge >= 0.3 is 0 Å². The summed E-state index contributed by atoms with van der Waals surface area (Å²) in [6.07, 6.45) is 6.78. The van der Waals surface area contributed by atoms with Crippen molar-refractivity contribution >= 4 is 17.6 Å². The van der Waals surface area contributed by atoms with E-state index in [2.05, 4.69) is 27.2 Å². The number of aliphatic imine (C=N–C) groups is 1. The van der Waals surface area contributed by atoms with Gasteiger partial charge in [0.05, 0.1) is 11.3 Å². The molecule has 30 heavy (non-hydrogen) atoms. The molecule has 1 heterocycles. The van der Waals surface area contributed by atoms with Gasteiger partial charge in [0.2, 0.25) is 0 Å². The van der Waals surface area contributed by atoms with E-state index in [9.17, 15) is 13.6 Å². The van der Waals surface area contributed by atoms with Crippen molar-refractivity contribution in [3.8, 4) is 0 Å². The van der Waals surface area contributed by atoms with Crippen molar-refractivity contribution in [2.24, 2.45) is 10.7 Å². The Morgan fingerprint density at radius 2 is 2.00 bits per heavy atom. The molecule has 0 spiro atoms. The van der Waals surface area contributed by atoms with Crippen LogP contribution >= 0.6 is 0 Å². The third-order valence-electron chi connectivity index (χ3n) is 5.11. The maximum atomic E-state index is 14.2. The quantitative estimate of drug-likeness (QED) is 0.282. The molecule has 0 saturated heterocycles. The van der Waals surface area contributed by atoms with Gasteiger partial charge in [-0.15, -0.1) is 0 Å². The van der Waals surface area contributed by atoms with Crippen LogP contribution in [0.4, 0.5) is 14.5 Å². The number of rotatable bonds is 7. The Labute approximate surface area is 173 Å². The minimum Gasteiger partial charge on any atom is -0.370 e. The number of guanidine groups is 1. The van der Waals surface area contributed by atoms with E-state index in [0.29, 0.717) is 17.9 Å². The van der Waals surface area contributed by atoms with Crippen LogP contribution in [-0.4, -0.2) is 23.4 Å². The van der Waals surface area contributed by atoms with Crippen molar-refractivity contribution in [1.29, 1.82) is 0 Å². The summed E-state index contributed by atoms with van der Waals surface area (Å²) >= 11 is 0. The van der Waals surface area contributed by atoms with Crippen molar-refractivity contribution in [3.05, 3.63) is 84.4 Å². The second kappa shape index (κ2) is 9.30. The maximum absolute atomic E-state index is 14.2. The normalized spacial score (nSPS) is 15.8. The molecule has 0 unspecified atom stereocenters. The molecule has 1 amide bonds. The number of pyridine rings is 1. The molecule has 0 radical (unpaired) electrons. The number of halogens is 2. The van der Waals surface area contributed by atoms with E-state index in [1.807, 2.05) is 0 Å². The van der Waals surface area contributed by atoms with Gasteiger partial charge in [-0.1, -0.05) is 19.1 Å². The summed E-state index contributed by atoms with van der Waals surface area (Å²) in [6.45, 7) is 3.99. The van der Waals surface area contributed by atoms with Crippen LogP contribution in [0.15, 0.2) is 72.0 Å². The molecule has 2 aromatic rings. The molecule has 1 fully saturated rings. The molecule has 1 aliphatic rings. The van der Waals surface area contributed by atoms with Crippen LogP contribution in [0.25, 0.3) is 0 Å². The number of hydrogen-bond acceptors (Lipinski definition) is 3. The number of carbonyl (C=O) groups excluding carboxylic acids is 1. The Morgan fingerprint density at radius 3 is 2.60 bits per heavy atom. The zero-order valence-corrected chi connectivity index (χ0v) is 16.4. The first-order valence-corrected chi connectivity index (χ1v) is 9.51. The number of benzene rings is 1. The van der Waals surface area contributed by atoms with Crippen molar-refractivity contribution in [3.63, 3.8) is 0 Å². The lowest BCUT2D eigenvalue weighted by Gasteiger charge is -2.41. The topological polar surface area (TPSA) is 92.4 Å². The number of anilines is 1. The molecular weight excluding hydrogens is 388 g/mol. The number of amides is 1. The number of hydrogen-bond donors (Lipinski definition) is 3. The first-order chi connectivity index (χ1) is 14.4. The summed E-state index contributed by atoms with van der Waals surface area (Å²) in [5.74, 6) is -1.10. The molecule has 0 atom stereocenters. The lowest BCUT2D eigenvalue weighted by molar-refractivity contribution is -0.112. The number of carbonyl (C=O) groups is 1. The molecule has 0 bridgehead atoms. The summed E-state index contributed by atoms with van der Waals surface area (Å²) in [7, 11) is 0. The van der Waals surface area contributed by atoms with Crippen molar-refractivity contribution in [2.45, 2.75) is 24.7 Å². The number of nitrogens with one attached hydrogen (secondary N) is 2. The summed E-state index contributed by atoms with van der Waals surface area (Å²) in [4.78, 5) is 20.6. The molecule has 6 nitrogen and oxygen atoms in total. The van der Waals surface area contributed by atoms with E-state index in [4.69, 9.17) is 5.73 Å². The predicted octanol–water partition coefficient (Wildman–Crippen LogP) is 3.39. The minimum atomic E-state index is -0.459. The Balaban J connectivity index is 1.64. The minimum absolute atomic E-state index is 0.0894. The van der Waals surface area contributed by atoms with E-state index in [1.165, 1.54) is 42.6 Å². The van der Waals surface area contributed by atoms with E-state index < -0.39 is 17.1 Å². The highest BCUT2D eigenvalue weighted by molar-refractivity contribution is 6.05. The molecule has 1 aliphatic carbocycles. The fourth-order valence-corrected chi connectivity index (χ4v) is 3.26. The second-order valence-corrected chi connectivity index (χ2v) is 7.09. The van der Waals surface area contributed by atoms with Crippen LogP contribution < -0.4 is 16.4 Å². The van der Waals surface area contributed by atoms with Gasteiger partial charge in [0.25, 0.3) is 5.91 Å². The predicted molar refractivity (Wildman–Crippen MR) is 113 cm³/mol. The zero-order valence-electron chi connectivity index (χ0n) is 16.4. The van der Waals surface area contributed by atoms with Crippen molar-refractivity contribution < 1.29 is 13.6 Å². The smallest absolute Gasteiger partial charge is 0.257 e. The third-order valence-corrected chi connectivity index (χ3v) is 5.11. The van der Waals surface area contributed by atoms with Crippen LogP contribution in [0.1, 0.15) is 25.0 Å². The highest BCUT2D eigenvalue weighted by Crippen LogP contribution is 2.43. The zero-order chi connectivity index (χ0) is 21.6. The van der Waals surface area contributed by atoms with Crippen LogP contribution in [-0.2, 0) is 10.2 Å². The Bertz CT molecular complexity index is 981. The molecular formula is C22H23F2N5O. The van der Waals surface area contributed by atoms with Gasteiger partial charge in [0, 0.05) is 30.0 Å². The van der Waals surface area contributed by atoms with Crippen LogP contribution in [0.3, 0.4) is 0 Å². The molecule has 0 aliphatic heterocycles. The Hall–Kier alpha value is -3.55. The monoisotopic (exact) mass is 411 g/mol. The summed E-state index contributed by atoms with van der Waals surface area (Å²) in [6, 6.07) is 8.34. The van der Waals surface area contributed by atoms with Gasteiger partial charge in [-0.2, -0.15) is 0 Å². The lowest BCUT2D eigenvalue weighted by Crippen LogP contribution is -2.48. The maximum Gasteiger partial charge on any atom is 0.257 e. The van der Waals surface area contributed by atoms with E-state index >= 15 is 0 Å². The van der Waals surface area contributed by atoms with Gasteiger partial charge in [0.15, 0.2) is 5.96 Å². The summed E-state index contributed by atoms with van der Waals surface area (Å²) < 4.78 is 27.2. The number of nitrogens with zero attached hydrogens (tertiary/aromatic N) is 2. The summed E-state index contributed by atoms with van der Waals surface area (Å²) in [5, 5.41) is 5.61. The first-order valence-electron chi connectivity index (χ1n) is 9.51. The molecule has 1 saturated carbocycles. The fraction of sp³-hybridized carbons (Fsp3) is 0.227. The Kier molecular flexibility index (Phi) is 6.56. The van der Waals surface area contributed by atoms with Gasteiger partial charge in [-0.05, 0) is 49.2 Å². The lowest BCUT2D eigenvalue weighted by atomic mass is 9.66. The second-order valence-electron chi connectivity index (χ2n) is 7.09. The summed E-state index contributed by atoms with van der Waals surface area (Å²) in [5.41, 5.74) is 6.55. The standard InChI is InChI=1S/C22H23F2N5O/c1-2-15(20(30)29-17-8-6-16(23)7-9-17)13-27-21(25)28-14-22(10-4-11-22)19-18(24)5-3-12-26-19/h2-3,5-9,12-13H,1,4,10-11,14H2,(H,29,30)(H3,25,27,28)/b15-13+. The average molecular weight is 411 g/mol. The Morgan fingerprint density at radius 1 is 1.27 bits per heavy atom. The van der Waals surface area contributed by atoms with Gasteiger partial charge in [-0.3, -0.25) is 9.78 Å². The highest BCUT2D eigenvalue weighted by Gasteiger charge is 2.41. The van der Waals surface area contributed by atoms with Gasteiger partial charge in [0.1, 0.15) is 11.6 Å². The molecule has 4 N–H and O–H groups in total. The molecule has 8 heteroatoms. The number of nitrogens with two attached hydrogens (primary N) is 1. The van der Waals surface area contributed by atoms with Crippen LogP contribution in [0.2, 0.25) is 0 Å². The van der Waals surface area contributed by atoms with E-state index in [-0.39, 0.29) is 17.3 Å². The SMILES string of the molecule is C=C/C(=C\N=C(/N)NCC1(c2ncccc2F)CCC1)C(=O)Nc1ccc(F)cc1. The third kappa shape index (κ3) is 4.89. The van der Waals surface area contributed by atoms with Gasteiger partial charge < -0.3 is 16.4 Å². The van der Waals surface area contributed by atoms with E-state index in [1.54, 1.807) is 12.3 Å². The largest absolute Gasteiger partial charge is 0.370 e. The van der Waals surface area contributed by atoms with E-state index in [0.717, 1.165) is 19.3 Å².